The predicted molar refractivity (Wildman–Crippen MR) is 98.3 cm³/mol. The fourth-order valence-electron chi connectivity index (χ4n) is 2.61. The zero-order chi connectivity index (χ0) is 18.2. The van der Waals surface area contributed by atoms with E-state index in [9.17, 15) is 0 Å². The fourth-order valence-corrected chi connectivity index (χ4v) is 2.61. The number of nitrogens with one attached hydrogen (secondary N) is 1. The average Bonchev–Trinajstić information content (AvgIpc) is 2.56. The van der Waals surface area contributed by atoms with Crippen molar-refractivity contribution in [2.45, 2.75) is 26.7 Å². The van der Waals surface area contributed by atoms with Gasteiger partial charge in [0.15, 0.2) is 11.6 Å². The Morgan fingerprint density at radius 1 is 1.04 bits per heavy atom. The van der Waals surface area contributed by atoms with Gasteiger partial charge < -0.3 is 16.0 Å². The summed E-state index contributed by atoms with van der Waals surface area (Å²) in [6, 6.07) is 10.3. The summed E-state index contributed by atoms with van der Waals surface area (Å²) in [5.41, 5.74) is 9.83. The maximum Gasteiger partial charge on any atom is 0.159 e. The molecule has 0 unspecified atom stereocenters. The number of hydrogen-bond acceptors (Lipinski definition) is 7. The van der Waals surface area contributed by atoms with Gasteiger partial charge in [-0.3, -0.25) is 0 Å². The van der Waals surface area contributed by atoms with E-state index in [4.69, 9.17) is 16.3 Å². The van der Waals surface area contributed by atoms with E-state index >= 15 is 0 Å². The summed E-state index contributed by atoms with van der Waals surface area (Å²) in [6.07, 6.45) is 2.09. The van der Waals surface area contributed by atoms with E-state index in [0.717, 1.165) is 16.8 Å². The first-order valence-corrected chi connectivity index (χ1v) is 7.99. The molecule has 1 heterocycles. The molecule has 2 rings (SSSR count). The van der Waals surface area contributed by atoms with Crippen molar-refractivity contribution >= 4 is 23.0 Å². The lowest BCUT2D eigenvalue weighted by atomic mass is 10.1. The van der Waals surface area contributed by atoms with Crippen LogP contribution < -0.4 is 16.0 Å². The molecule has 0 radical (unpaired) electrons. The molecule has 0 fully saturated rings. The molecule has 0 saturated carbocycles. The van der Waals surface area contributed by atoms with Crippen LogP contribution in [0.15, 0.2) is 24.5 Å². The molecule has 3 N–H and O–H groups in total. The van der Waals surface area contributed by atoms with Gasteiger partial charge in [0.05, 0.1) is 25.0 Å². The normalized spacial score (nSPS) is 9.92. The van der Waals surface area contributed by atoms with Gasteiger partial charge in [-0.15, -0.1) is 0 Å². The van der Waals surface area contributed by atoms with Gasteiger partial charge in [-0.2, -0.15) is 10.5 Å². The quantitative estimate of drug-likeness (QED) is 0.799. The first kappa shape index (κ1) is 18.0. The number of nitriles is 2. The van der Waals surface area contributed by atoms with Crippen molar-refractivity contribution in [3.63, 3.8) is 0 Å². The molecule has 0 aliphatic rings. The third-order valence-corrected chi connectivity index (χ3v) is 3.63. The van der Waals surface area contributed by atoms with Crippen molar-refractivity contribution in [2.75, 3.05) is 29.0 Å². The number of nitrogens with zero attached hydrogens (tertiary/aromatic N) is 5. The van der Waals surface area contributed by atoms with E-state index in [1.165, 1.54) is 6.33 Å². The molecule has 1 aromatic heterocycles. The van der Waals surface area contributed by atoms with Gasteiger partial charge in [0, 0.05) is 18.8 Å². The smallest absolute Gasteiger partial charge is 0.159 e. The number of hydrogen-bond donors (Lipinski definition) is 2. The van der Waals surface area contributed by atoms with E-state index in [1.54, 1.807) is 0 Å². The first-order chi connectivity index (χ1) is 12.0. The standard InChI is InChI=1S/C18H21N7/c1-13-9-14(2)11-15(10-13)24-17-16(21)18(23-12-22-17)25(7-3-5-19)8-4-6-20/h9-12H,3-4,7-8,21H2,1-2H3,(H,22,23,24). The molecule has 128 valence electrons. The average molecular weight is 335 g/mol. The van der Waals surface area contributed by atoms with Crippen LogP contribution in [0.3, 0.4) is 0 Å². The van der Waals surface area contributed by atoms with Crippen LogP contribution in [0.2, 0.25) is 0 Å². The van der Waals surface area contributed by atoms with E-state index in [2.05, 4.69) is 33.5 Å². The van der Waals surface area contributed by atoms with Gasteiger partial charge in [-0.25, -0.2) is 9.97 Å². The second-order valence-corrected chi connectivity index (χ2v) is 5.76. The molecule has 0 saturated heterocycles. The summed E-state index contributed by atoms with van der Waals surface area (Å²) < 4.78 is 0. The van der Waals surface area contributed by atoms with E-state index in [1.807, 2.05) is 30.9 Å². The molecular weight excluding hydrogens is 314 g/mol. The van der Waals surface area contributed by atoms with Crippen molar-refractivity contribution in [2.24, 2.45) is 0 Å². The van der Waals surface area contributed by atoms with Gasteiger partial charge in [-0.1, -0.05) is 6.07 Å². The number of nitrogen functional groups attached to an aromatic ring is 1. The Kier molecular flexibility index (Phi) is 6.14. The Bertz CT molecular complexity index is 779. The topological polar surface area (TPSA) is 115 Å². The van der Waals surface area contributed by atoms with Gasteiger partial charge in [0.1, 0.15) is 12.0 Å². The van der Waals surface area contributed by atoms with Gasteiger partial charge in [-0.05, 0) is 37.1 Å². The largest absolute Gasteiger partial charge is 0.393 e. The van der Waals surface area contributed by atoms with Crippen molar-refractivity contribution < 1.29 is 0 Å². The Morgan fingerprint density at radius 3 is 2.20 bits per heavy atom. The molecule has 7 heteroatoms. The Balaban J connectivity index is 2.30. The number of nitrogens with two attached hydrogens (primary N) is 1. The number of benzene rings is 1. The molecular formula is C18H21N7. The summed E-state index contributed by atoms with van der Waals surface area (Å²) in [5.74, 6) is 1.04. The molecule has 2 aromatic rings. The third-order valence-electron chi connectivity index (χ3n) is 3.63. The SMILES string of the molecule is Cc1cc(C)cc(Nc2ncnc(N(CCC#N)CCC#N)c2N)c1. The van der Waals surface area contributed by atoms with Gasteiger partial charge in [0.2, 0.25) is 0 Å². The van der Waals surface area contributed by atoms with E-state index < -0.39 is 0 Å². The van der Waals surface area contributed by atoms with Crippen LogP contribution >= 0.6 is 0 Å². The van der Waals surface area contributed by atoms with Crippen molar-refractivity contribution in [1.82, 2.24) is 9.97 Å². The summed E-state index contributed by atoms with van der Waals surface area (Å²) in [5, 5.41) is 20.9. The van der Waals surface area contributed by atoms with Crippen LogP contribution in [0.1, 0.15) is 24.0 Å². The van der Waals surface area contributed by atoms with Crippen LogP contribution in [0.5, 0.6) is 0 Å². The van der Waals surface area contributed by atoms with Crippen LogP contribution in [0.4, 0.5) is 23.0 Å². The monoisotopic (exact) mass is 335 g/mol. The summed E-state index contributed by atoms with van der Waals surface area (Å²) >= 11 is 0. The zero-order valence-electron chi connectivity index (χ0n) is 14.5. The molecule has 0 amide bonds. The minimum atomic E-state index is 0.328. The Morgan fingerprint density at radius 2 is 1.64 bits per heavy atom. The van der Waals surface area contributed by atoms with Gasteiger partial charge in [0.25, 0.3) is 0 Å². The van der Waals surface area contributed by atoms with E-state index in [-0.39, 0.29) is 0 Å². The predicted octanol–water partition coefficient (Wildman–Crippen LogP) is 3.05. The molecule has 1 aromatic carbocycles. The molecule has 0 bridgehead atoms. The van der Waals surface area contributed by atoms with Crippen molar-refractivity contribution in [3.8, 4) is 12.1 Å². The Hall–Kier alpha value is -3.32. The van der Waals surface area contributed by atoms with Crippen LogP contribution in [-0.2, 0) is 0 Å². The van der Waals surface area contributed by atoms with Crippen LogP contribution in [0.25, 0.3) is 0 Å². The highest BCUT2D eigenvalue weighted by Crippen LogP contribution is 2.29. The molecule has 0 aliphatic heterocycles. The second-order valence-electron chi connectivity index (χ2n) is 5.76. The van der Waals surface area contributed by atoms with Crippen LogP contribution in [-0.4, -0.2) is 23.1 Å². The highest BCUT2D eigenvalue weighted by atomic mass is 15.2. The number of anilines is 4. The maximum atomic E-state index is 8.84. The number of rotatable bonds is 7. The number of aryl methyl sites for hydroxylation is 2. The lowest BCUT2D eigenvalue weighted by Crippen LogP contribution is -2.27. The first-order valence-electron chi connectivity index (χ1n) is 7.99. The summed E-state index contributed by atoms with van der Waals surface area (Å²) in [4.78, 5) is 10.3. The zero-order valence-corrected chi connectivity index (χ0v) is 14.5. The molecule has 25 heavy (non-hydrogen) atoms. The minimum Gasteiger partial charge on any atom is -0.393 e. The van der Waals surface area contributed by atoms with Gasteiger partial charge >= 0.3 is 0 Å². The minimum absolute atomic E-state index is 0.328. The Labute approximate surface area is 147 Å². The van der Waals surface area contributed by atoms with Crippen LogP contribution in [0, 0.1) is 36.5 Å². The lowest BCUT2D eigenvalue weighted by Gasteiger charge is -2.23. The third kappa shape index (κ3) is 4.82. The highest BCUT2D eigenvalue weighted by molar-refractivity contribution is 5.78. The second kappa shape index (κ2) is 8.51. The van der Waals surface area contributed by atoms with E-state index in [0.29, 0.717) is 43.3 Å². The maximum absolute atomic E-state index is 8.84. The molecule has 0 atom stereocenters. The fraction of sp³-hybridized carbons (Fsp3) is 0.333. The lowest BCUT2D eigenvalue weighted by molar-refractivity contribution is 0.782. The van der Waals surface area contributed by atoms with Crippen molar-refractivity contribution in [3.05, 3.63) is 35.7 Å². The summed E-state index contributed by atoms with van der Waals surface area (Å²) in [6.45, 7) is 4.97. The summed E-state index contributed by atoms with van der Waals surface area (Å²) in [7, 11) is 0. The molecule has 7 nitrogen and oxygen atoms in total. The van der Waals surface area contributed by atoms with Crippen molar-refractivity contribution in [1.29, 1.82) is 10.5 Å². The molecule has 0 spiro atoms. The highest BCUT2D eigenvalue weighted by Gasteiger charge is 2.15. The molecule has 0 aliphatic carbocycles. The number of aromatic nitrogens is 2.